The van der Waals surface area contributed by atoms with Crippen LogP contribution in [0.4, 0.5) is 5.69 Å². The van der Waals surface area contributed by atoms with Gasteiger partial charge in [-0.25, -0.2) is 14.6 Å². The Kier molecular flexibility index (Phi) is 2.78. The second kappa shape index (κ2) is 4.48. The number of aromatic nitrogens is 4. The number of rotatable bonds is 2. The summed E-state index contributed by atoms with van der Waals surface area (Å²) in [6, 6.07) is 5.63. The minimum absolute atomic E-state index is 0.503. The number of nitrogens with zero attached hydrogens (tertiary/aromatic N) is 4. The average Bonchev–Trinajstić information content (AvgIpc) is 2.94. The van der Waals surface area contributed by atoms with Crippen LogP contribution in [0.3, 0.4) is 0 Å². The first kappa shape index (κ1) is 12.4. The minimum Gasteiger partial charge on any atom is -0.460 e. The third-order valence-electron chi connectivity index (χ3n) is 2.89. The molecule has 0 saturated heterocycles. The van der Waals surface area contributed by atoms with Crippen molar-refractivity contribution < 1.29 is 4.42 Å². The Balaban J connectivity index is 2.08. The molecule has 0 unspecified atom stereocenters. The van der Waals surface area contributed by atoms with Crippen LogP contribution in [0.25, 0.3) is 17.4 Å². The van der Waals surface area contributed by atoms with Crippen LogP contribution in [-0.4, -0.2) is 19.7 Å². The summed E-state index contributed by atoms with van der Waals surface area (Å²) in [5, 5.41) is 4.42. The summed E-state index contributed by atoms with van der Waals surface area (Å²) in [5.41, 5.74) is 8.90. The van der Waals surface area contributed by atoms with E-state index in [4.69, 9.17) is 10.2 Å². The van der Waals surface area contributed by atoms with E-state index < -0.39 is 0 Å². The van der Waals surface area contributed by atoms with Gasteiger partial charge in [0, 0.05) is 11.4 Å². The number of anilines is 1. The average molecular weight is 269 g/mol. The second-order valence-corrected chi connectivity index (χ2v) is 4.74. The van der Waals surface area contributed by atoms with Gasteiger partial charge < -0.3 is 10.2 Å². The summed E-state index contributed by atoms with van der Waals surface area (Å²) in [5.74, 6) is 1.96. The number of aryl methyl sites for hydroxylation is 3. The highest BCUT2D eigenvalue weighted by Crippen LogP contribution is 2.26. The van der Waals surface area contributed by atoms with Gasteiger partial charge in [-0.1, -0.05) is 0 Å². The van der Waals surface area contributed by atoms with Gasteiger partial charge in [-0.2, -0.15) is 5.10 Å². The summed E-state index contributed by atoms with van der Waals surface area (Å²) >= 11 is 0. The van der Waals surface area contributed by atoms with Crippen molar-refractivity contribution >= 4 is 5.69 Å². The SMILES string of the molecule is Cc1cc(C)nc(-n2cc(N)c(-c3ccc(C)o3)n2)n1. The minimum atomic E-state index is 0.503. The van der Waals surface area contributed by atoms with Crippen molar-refractivity contribution in [1.29, 1.82) is 0 Å². The molecule has 6 heteroatoms. The van der Waals surface area contributed by atoms with Gasteiger partial charge in [0.05, 0.1) is 11.9 Å². The highest BCUT2D eigenvalue weighted by atomic mass is 16.3. The molecule has 0 saturated carbocycles. The molecule has 0 radical (unpaired) electrons. The largest absolute Gasteiger partial charge is 0.460 e. The van der Waals surface area contributed by atoms with Crippen molar-refractivity contribution in [1.82, 2.24) is 19.7 Å². The molecule has 0 amide bonds. The van der Waals surface area contributed by atoms with Gasteiger partial charge in [-0.05, 0) is 39.0 Å². The molecule has 0 aliphatic heterocycles. The third kappa shape index (κ3) is 2.16. The Morgan fingerprint density at radius 1 is 1.10 bits per heavy atom. The van der Waals surface area contributed by atoms with E-state index in [1.165, 1.54) is 0 Å². The van der Waals surface area contributed by atoms with Crippen molar-refractivity contribution in [2.45, 2.75) is 20.8 Å². The van der Waals surface area contributed by atoms with Gasteiger partial charge in [-0.3, -0.25) is 0 Å². The molecule has 0 aliphatic rings. The van der Waals surface area contributed by atoms with Crippen molar-refractivity contribution in [2.75, 3.05) is 5.73 Å². The zero-order valence-electron chi connectivity index (χ0n) is 11.6. The van der Waals surface area contributed by atoms with Crippen molar-refractivity contribution in [3.8, 4) is 17.4 Å². The molecule has 0 aromatic carbocycles. The molecular weight excluding hydrogens is 254 g/mol. The fraction of sp³-hybridized carbons (Fsp3) is 0.214. The Hall–Kier alpha value is -2.63. The summed E-state index contributed by atoms with van der Waals surface area (Å²) in [6.07, 6.45) is 1.70. The van der Waals surface area contributed by atoms with Crippen LogP contribution in [0, 0.1) is 20.8 Å². The molecule has 6 nitrogen and oxygen atoms in total. The van der Waals surface area contributed by atoms with Gasteiger partial charge in [0.25, 0.3) is 5.95 Å². The van der Waals surface area contributed by atoms with Crippen LogP contribution in [0.15, 0.2) is 28.8 Å². The number of hydrogen-bond acceptors (Lipinski definition) is 5. The van der Waals surface area contributed by atoms with Crippen molar-refractivity contribution in [3.05, 3.63) is 41.5 Å². The Morgan fingerprint density at radius 3 is 2.40 bits per heavy atom. The Morgan fingerprint density at radius 2 is 1.80 bits per heavy atom. The van der Waals surface area contributed by atoms with Gasteiger partial charge in [0.1, 0.15) is 5.76 Å². The second-order valence-electron chi connectivity index (χ2n) is 4.74. The van der Waals surface area contributed by atoms with Gasteiger partial charge in [0.15, 0.2) is 11.5 Å². The zero-order valence-corrected chi connectivity index (χ0v) is 11.6. The molecule has 0 spiro atoms. The van der Waals surface area contributed by atoms with E-state index in [2.05, 4.69) is 15.1 Å². The quantitative estimate of drug-likeness (QED) is 0.772. The van der Waals surface area contributed by atoms with E-state index in [0.29, 0.717) is 23.1 Å². The molecule has 3 heterocycles. The number of nitrogen functional groups attached to an aromatic ring is 1. The van der Waals surface area contributed by atoms with E-state index >= 15 is 0 Å². The van der Waals surface area contributed by atoms with Crippen LogP contribution >= 0.6 is 0 Å². The molecule has 3 rings (SSSR count). The maximum Gasteiger partial charge on any atom is 0.251 e. The first-order valence-electron chi connectivity index (χ1n) is 6.27. The predicted octanol–water partition coefficient (Wildman–Crippen LogP) is 2.43. The van der Waals surface area contributed by atoms with Crippen molar-refractivity contribution in [2.24, 2.45) is 0 Å². The maximum absolute atomic E-state index is 6.00. The Bertz CT molecular complexity index is 751. The normalized spacial score (nSPS) is 10.9. The lowest BCUT2D eigenvalue weighted by Gasteiger charge is -2.01. The Labute approximate surface area is 116 Å². The molecule has 0 atom stereocenters. The number of nitrogens with two attached hydrogens (primary N) is 1. The maximum atomic E-state index is 6.00. The zero-order chi connectivity index (χ0) is 14.3. The number of furan rings is 1. The van der Waals surface area contributed by atoms with Crippen LogP contribution in [-0.2, 0) is 0 Å². The monoisotopic (exact) mass is 269 g/mol. The molecule has 0 aliphatic carbocycles. The lowest BCUT2D eigenvalue weighted by molar-refractivity contribution is 0.545. The molecule has 0 bridgehead atoms. The number of hydrogen-bond donors (Lipinski definition) is 1. The molecule has 102 valence electrons. The van der Waals surface area contributed by atoms with Crippen LogP contribution in [0.5, 0.6) is 0 Å². The fourth-order valence-corrected chi connectivity index (χ4v) is 2.05. The molecule has 3 aromatic heterocycles. The van der Waals surface area contributed by atoms with Crippen LogP contribution in [0.2, 0.25) is 0 Å². The summed E-state index contributed by atoms with van der Waals surface area (Å²) in [6.45, 7) is 5.72. The highest BCUT2D eigenvalue weighted by molar-refractivity contribution is 5.68. The summed E-state index contributed by atoms with van der Waals surface area (Å²) < 4.78 is 7.12. The highest BCUT2D eigenvalue weighted by Gasteiger charge is 2.14. The van der Waals surface area contributed by atoms with Gasteiger partial charge >= 0.3 is 0 Å². The first-order valence-corrected chi connectivity index (χ1v) is 6.27. The molecule has 3 aromatic rings. The van der Waals surface area contributed by atoms with Gasteiger partial charge in [0.2, 0.25) is 0 Å². The fourth-order valence-electron chi connectivity index (χ4n) is 2.05. The third-order valence-corrected chi connectivity index (χ3v) is 2.89. The van der Waals surface area contributed by atoms with E-state index in [1.54, 1.807) is 10.9 Å². The van der Waals surface area contributed by atoms with Crippen LogP contribution < -0.4 is 5.73 Å². The first-order chi connectivity index (χ1) is 9.52. The molecule has 0 fully saturated rings. The smallest absolute Gasteiger partial charge is 0.251 e. The predicted molar refractivity (Wildman–Crippen MR) is 75.5 cm³/mol. The lowest BCUT2D eigenvalue weighted by atomic mass is 10.3. The molecule has 20 heavy (non-hydrogen) atoms. The standard InChI is InChI=1S/C14H15N5O/c1-8-6-9(2)17-14(16-8)19-7-11(15)13(18-19)12-5-4-10(3)20-12/h4-7H,15H2,1-3H3. The molecule has 2 N–H and O–H groups in total. The summed E-state index contributed by atoms with van der Waals surface area (Å²) in [4.78, 5) is 8.72. The summed E-state index contributed by atoms with van der Waals surface area (Å²) in [7, 11) is 0. The van der Waals surface area contributed by atoms with E-state index in [-0.39, 0.29) is 0 Å². The van der Waals surface area contributed by atoms with E-state index in [1.807, 2.05) is 39.0 Å². The lowest BCUT2D eigenvalue weighted by Crippen LogP contribution is -2.04. The topological polar surface area (TPSA) is 82.8 Å². The van der Waals surface area contributed by atoms with E-state index in [9.17, 15) is 0 Å². The molecular formula is C14H15N5O. The van der Waals surface area contributed by atoms with Crippen molar-refractivity contribution in [3.63, 3.8) is 0 Å². The van der Waals surface area contributed by atoms with Gasteiger partial charge in [-0.15, -0.1) is 0 Å². The van der Waals surface area contributed by atoms with Crippen LogP contribution in [0.1, 0.15) is 17.1 Å². The van der Waals surface area contributed by atoms with E-state index in [0.717, 1.165) is 17.1 Å².